The number of nitrogens with one attached hydrogen (secondary N) is 1. The summed E-state index contributed by atoms with van der Waals surface area (Å²) in [4.78, 5) is 22.1. The van der Waals surface area contributed by atoms with Gasteiger partial charge in [0.2, 0.25) is 0 Å². The summed E-state index contributed by atoms with van der Waals surface area (Å²) in [6.07, 6.45) is 4.31. The molecule has 0 bridgehead atoms. The van der Waals surface area contributed by atoms with Crippen molar-refractivity contribution in [1.29, 1.82) is 0 Å². The van der Waals surface area contributed by atoms with Crippen LogP contribution in [0.4, 0.5) is 5.82 Å². The van der Waals surface area contributed by atoms with Crippen LogP contribution in [0.3, 0.4) is 0 Å². The number of nitrogen functional groups attached to an aromatic ring is 1. The van der Waals surface area contributed by atoms with Crippen LogP contribution in [0, 0.1) is 0 Å². The Morgan fingerprint density at radius 2 is 2.20 bits per heavy atom. The number of hydrogen-bond donors (Lipinski definition) is 2. The van der Waals surface area contributed by atoms with Crippen LogP contribution in [-0.2, 0) is 11.2 Å². The van der Waals surface area contributed by atoms with E-state index in [2.05, 4.69) is 22.1 Å². The third-order valence-corrected chi connectivity index (χ3v) is 4.65. The molecular weight excluding hydrogens is 316 g/mol. The summed E-state index contributed by atoms with van der Waals surface area (Å²) in [6, 6.07) is 11.6. The summed E-state index contributed by atoms with van der Waals surface area (Å²) >= 11 is 0. The first-order chi connectivity index (χ1) is 12.2. The highest BCUT2D eigenvalue weighted by molar-refractivity contribution is 5.94. The molecule has 0 unspecified atom stereocenters. The molecule has 0 saturated carbocycles. The average Bonchev–Trinajstić information content (AvgIpc) is 3.05. The number of ether oxygens (including phenoxy) is 1. The topological polar surface area (TPSA) is 84.2 Å². The number of nitrogens with two attached hydrogens (primary N) is 1. The van der Waals surface area contributed by atoms with Gasteiger partial charge in [0.15, 0.2) is 0 Å². The Kier molecular flexibility index (Phi) is 4.11. The number of H-pyrrole nitrogens is 1. The second-order valence-corrected chi connectivity index (χ2v) is 6.26. The number of amides is 1. The molecule has 0 spiro atoms. The van der Waals surface area contributed by atoms with Gasteiger partial charge in [0.1, 0.15) is 5.82 Å². The zero-order valence-corrected chi connectivity index (χ0v) is 13.8. The summed E-state index contributed by atoms with van der Waals surface area (Å²) in [5.41, 5.74) is 8.47. The Hall–Kier alpha value is -2.86. The molecule has 25 heavy (non-hydrogen) atoms. The largest absolute Gasteiger partial charge is 0.384 e. The third kappa shape index (κ3) is 3.08. The first-order valence-corrected chi connectivity index (χ1v) is 8.37. The van der Waals surface area contributed by atoms with Crippen molar-refractivity contribution in [2.75, 3.05) is 25.5 Å². The SMILES string of the molecule is Nc1ccc(C(=O)N2CCOC[C@@H]2Cc2c[nH]c3ccccc23)cn1. The third-order valence-electron chi connectivity index (χ3n) is 4.65. The Labute approximate surface area is 145 Å². The number of rotatable bonds is 3. The monoisotopic (exact) mass is 336 g/mol. The Morgan fingerprint density at radius 1 is 1.32 bits per heavy atom. The highest BCUT2D eigenvalue weighted by Crippen LogP contribution is 2.22. The first kappa shape index (κ1) is 15.7. The predicted molar refractivity (Wildman–Crippen MR) is 96.3 cm³/mol. The number of carbonyl (C=O) groups is 1. The van der Waals surface area contributed by atoms with Crippen LogP contribution in [0.5, 0.6) is 0 Å². The molecule has 3 N–H and O–H groups in total. The van der Waals surface area contributed by atoms with Gasteiger partial charge in [-0.15, -0.1) is 0 Å². The van der Waals surface area contributed by atoms with Crippen molar-refractivity contribution in [1.82, 2.24) is 14.9 Å². The number of fused-ring (bicyclic) bond motifs is 1. The highest BCUT2D eigenvalue weighted by Gasteiger charge is 2.29. The molecule has 128 valence electrons. The number of anilines is 1. The van der Waals surface area contributed by atoms with Gasteiger partial charge in [0.05, 0.1) is 24.8 Å². The highest BCUT2D eigenvalue weighted by atomic mass is 16.5. The van der Waals surface area contributed by atoms with Gasteiger partial charge < -0.3 is 20.4 Å². The van der Waals surface area contributed by atoms with Gasteiger partial charge in [-0.25, -0.2) is 4.98 Å². The van der Waals surface area contributed by atoms with Crippen LogP contribution in [0.25, 0.3) is 10.9 Å². The van der Waals surface area contributed by atoms with Gasteiger partial charge in [-0.1, -0.05) is 18.2 Å². The van der Waals surface area contributed by atoms with Crippen molar-refractivity contribution in [2.45, 2.75) is 12.5 Å². The minimum atomic E-state index is -0.0272. The van der Waals surface area contributed by atoms with E-state index in [4.69, 9.17) is 10.5 Å². The van der Waals surface area contributed by atoms with E-state index in [1.165, 1.54) is 17.1 Å². The van der Waals surface area contributed by atoms with Crippen molar-refractivity contribution in [3.8, 4) is 0 Å². The number of nitrogens with zero attached hydrogens (tertiary/aromatic N) is 2. The summed E-state index contributed by atoms with van der Waals surface area (Å²) < 4.78 is 5.64. The van der Waals surface area contributed by atoms with Crippen LogP contribution in [0.1, 0.15) is 15.9 Å². The second kappa shape index (κ2) is 6.57. The summed E-state index contributed by atoms with van der Waals surface area (Å²) in [5.74, 6) is 0.384. The molecule has 6 nitrogen and oxygen atoms in total. The maximum absolute atomic E-state index is 12.9. The molecule has 1 aliphatic rings. The van der Waals surface area contributed by atoms with E-state index in [9.17, 15) is 4.79 Å². The van der Waals surface area contributed by atoms with E-state index in [0.717, 1.165) is 11.9 Å². The number of para-hydroxylation sites is 1. The van der Waals surface area contributed by atoms with E-state index in [1.807, 2.05) is 23.2 Å². The van der Waals surface area contributed by atoms with Crippen LogP contribution >= 0.6 is 0 Å². The zero-order valence-electron chi connectivity index (χ0n) is 13.8. The lowest BCUT2D eigenvalue weighted by molar-refractivity contribution is -0.00157. The molecule has 1 saturated heterocycles. The number of aromatic amines is 1. The molecule has 1 aliphatic heterocycles. The van der Waals surface area contributed by atoms with E-state index >= 15 is 0 Å². The first-order valence-electron chi connectivity index (χ1n) is 8.37. The van der Waals surface area contributed by atoms with E-state index in [0.29, 0.717) is 31.1 Å². The molecule has 1 aromatic carbocycles. The summed E-state index contributed by atoms with van der Waals surface area (Å²) in [5, 5.41) is 1.19. The van der Waals surface area contributed by atoms with Crippen molar-refractivity contribution in [2.24, 2.45) is 0 Å². The van der Waals surface area contributed by atoms with Gasteiger partial charge >= 0.3 is 0 Å². The molecule has 1 amide bonds. The minimum Gasteiger partial charge on any atom is -0.384 e. The zero-order chi connectivity index (χ0) is 17.2. The fourth-order valence-electron chi connectivity index (χ4n) is 3.34. The summed E-state index contributed by atoms with van der Waals surface area (Å²) in [7, 11) is 0. The maximum Gasteiger partial charge on any atom is 0.255 e. The number of aromatic nitrogens is 2. The lowest BCUT2D eigenvalue weighted by atomic mass is 10.0. The number of carbonyl (C=O) groups excluding carboxylic acids is 1. The Balaban J connectivity index is 1.58. The van der Waals surface area contributed by atoms with Crippen molar-refractivity contribution >= 4 is 22.6 Å². The molecule has 1 atom stereocenters. The summed E-state index contributed by atoms with van der Waals surface area (Å²) in [6.45, 7) is 1.67. The number of pyridine rings is 1. The minimum absolute atomic E-state index is 0.00184. The molecule has 0 aliphatic carbocycles. The second-order valence-electron chi connectivity index (χ2n) is 6.26. The van der Waals surface area contributed by atoms with Gasteiger partial charge in [0, 0.05) is 29.8 Å². The molecule has 0 radical (unpaired) electrons. The van der Waals surface area contributed by atoms with Gasteiger partial charge in [-0.3, -0.25) is 4.79 Å². The van der Waals surface area contributed by atoms with Gasteiger partial charge in [-0.2, -0.15) is 0 Å². The lowest BCUT2D eigenvalue weighted by Crippen LogP contribution is -2.49. The fourth-order valence-corrected chi connectivity index (χ4v) is 3.34. The lowest BCUT2D eigenvalue weighted by Gasteiger charge is -2.35. The molecule has 1 fully saturated rings. The Morgan fingerprint density at radius 3 is 3.04 bits per heavy atom. The van der Waals surface area contributed by atoms with Crippen molar-refractivity contribution < 1.29 is 9.53 Å². The van der Waals surface area contributed by atoms with Crippen molar-refractivity contribution in [3.63, 3.8) is 0 Å². The van der Waals surface area contributed by atoms with Crippen LogP contribution in [-0.4, -0.2) is 46.6 Å². The normalized spacial score (nSPS) is 17.8. The molecule has 2 aromatic heterocycles. The molecule has 4 rings (SSSR count). The number of morpholine rings is 1. The smallest absolute Gasteiger partial charge is 0.255 e. The molecule has 3 aromatic rings. The molecule has 6 heteroatoms. The van der Waals surface area contributed by atoms with E-state index in [1.54, 1.807) is 12.1 Å². The van der Waals surface area contributed by atoms with Crippen LogP contribution in [0.2, 0.25) is 0 Å². The van der Waals surface area contributed by atoms with Gasteiger partial charge in [0.25, 0.3) is 5.91 Å². The average molecular weight is 336 g/mol. The standard InChI is InChI=1S/C19H20N4O2/c20-18-6-5-13(10-22-18)19(24)23-7-8-25-12-15(23)9-14-11-21-17-4-2-1-3-16(14)17/h1-6,10-11,15,21H,7-9,12H2,(H2,20,22)/t15-/m0/s1. The fraction of sp³-hybridized carbons (Fsp3) is 0.263. The number of hydrogen-bond acceptors (Lipinski definition) is 4. The van der Waals surface area contributed by atoms with E-state index in [-0.39, 0.29) is 11.9 Å². The molecule has 3 heterocycles. The Bertz CT molecular complexity index is 888. The van der Waals surface area contributed by atoms with Crippen molar-refractivity contribution in [3.05, 3.63) is 59.9 Å². The van der Waals surface area contributed by atoms with Crippen LogP contribution < -0.4 is 5.73 Å². The number of benzene rings is 1. The van der Waals surface area contributed by atoms with Gasteiger partial charge in [-0.05, 0) is 30.2 Å². The maximum atomic E-state index is 12.9. The molecular formula is C19H20N4O2. The van der Waals surface area contributed by atoms with Crippen LogP contribution in [0.15, 0.2) is 48.8 Å². The quantitative estimate of drug-likeness (QED) is 0.768. The predicted octanol–water partition coefficient (Wildman–Crippen LogP) is 2.23. The van der Waals surface area contributed by atoms with E-state index < -0.39 is 0 Å².